The zero-order chi connectivity index (χ0) is 12.5. The van der Waals surface area contributed by atoms with Crippen molar-refractivity contribution in [3.8, 4) is 0 Å². The van der Waals surface area contributed by atoms with Crippen molar-refractivity contribution >= 4 is 0 Å². The molecule has 5 saturated carbocycles. The molecular weight excluding hydrogens is 232 g/mol. The first-order valence-electron chi connectivity index (χ1n) is 8.78. The van der Waals surface area contributed by atoms with E-state index in [9.17, 15) is 0 Å². The predicted molar refractivity (Wildman–Crippen MR) is 77.1 cm³/mol. The lowest BCUT2D eigenvalue weighted by atomic mass is 9.49. The third-order valence-corrected chi connectivity index (χ3v) is 6.89. The van der Waals surface area contributed by atoms with Crippen LogP contribution in [-0.4, -0.2) is 35.1 Å². The summed E-state index contributed by atoms with van der Waals surface area (Å²) in [7, 11) is 0. The topological polar surface area (TPSA) is 15.3 Å². The van der Waals surface area contributed by atoms with Crippen molar-refractivity contribution in [1.82, 2.24) is 10.2 Å². The molecule has 1 saturated heterocycles. The number of nitrogens with one attached hydrogen (secondary N) is 1. The normalized spacial score (nSPS) is 53.1. The summed E-state index contributed by atoms with van der Waals surface area (Å²) < 4.78 is 0. The Kier molecular flexibility index (Phi) is 2.29. The molecule has 1 aliphatic heterocycles. The zero-order valence-corrected chi connectivity index (χ0v) is 12.2. The molecule has 2 nitrogen and oxygen atoms in total. The van der Waals surface area contributed by atoms with Crippen LogP contribution in [0.25, 0.3) is 0 Å². The molecule has 0 amide bonds. The van der Waals surface area contributed by atoms with Gasteiger partial charge in [-0.15, -0.1) is 0 Å². The maximum Gasteiger partial charge on any atom is 0.0232 e. The smallest absolute Gasteiger partial charge is 0.0232 e. The fourth-order valence-corrected chi connectivity index (χ4v) is 6.61. The van der Waals surface area contributed by atoms with Crippen molar-refractivity contribution in [2.24, 2.45) is 11.8 Å². The fraction of sp³-hybridized carbons (Fsp3) is 1.00. The molecule has 0 spiro atoms. The first kappa shape index (κ1) is 11.6. The molecule has 4 bridgehead atoms. The second kappa shape index (κ2) is 3.76. The van der Waals surface area contributed by atoms with Crippen LogP contribution in [0.3, 0.4) is 0 Å². The van der Waals surface area contributed by atoms with Crippen LogP contribution in [0.15, 0.2) is 0 Å². The number of nitrogens with zero attached hydrogens (tertiary/aromatic N) is 1. The highest BCUT2D eigenvalue weighted by Crippen LogP contribution is 2.60. The highest BCUT2D eigenvalue weighted by molar-refractivity contribution is 5.17. The number of hydrogen-bond donors (Lipinski definition) is 1. The molecule has 0 aromatic rings. The van der Waals surface area contributed by atoms with Crippen molar-refractivity contribution in [2.75, 3.05) is 13.1 Å². The average molecular weight is 260 g/mol. The van der Waals surface area contributed by atoms with Crippen molar-refractivity contribution in [3.63, 3.8) is 0 Å². The summed E-state index contributed by atoms with van der Waals surface area (Å²) in [4.78, 5) is 2.92. The fourth-order valence-electron chi connectivity index (χ4n) is 6.61. The SMILES string of the molecule is C1CCN(C23CC4CC(CC(NC5CC5)(C4)C2)C3)C1. The average Bonchev–Trinajstić information content (AvgIpc) is 2.97. The molecule has 0 radical (unpaired) electrons. The van der Waals surface area contributed by atoms with Crippen LogP contribution in [0.4, 0.5) is 0 Å². The van der Waals surface area contributed by atoms with Gasteiger partial charge in [0.25, 0.3) is 0 Å². The highest BCUT2D eigenvalue weighted by atomic mass is 15.2. The van der Waals surface area contributed by atoms with Gasteiger partial charge in [0, 0.05) is 17.1 Å². The first-order chi connectivity index (χ1) is 9.25. The Bertz CT molecular complexity index is 361. The van der Waals surface area contributed by atoms with Gasteiger partial charge < -0.3 is 5.32 Å². The summed E-state index contributed by atoms with van der Waals surface area (Å²) in [6, 6.07) is 0.895. The standard InChI is InChI=1S/C17H28N2/c1-2-6-19(5-1)17-10-13-7-14(11-17)9-16(8-13,12-17)18-15-3-4-15/h13-15,18H,1-12H2. The van der Waals surface area contributed by atoms with E-state index in [1.807, 2.05) is 0 Å². The van der Waals surface area contributed by atoms with Crippen molar-refractivity contribution in [2.45, 2.75) is 81.3 Å². The van der Waals surface area contributed by atoms with Gasteiger partial charge in [-0.05, 0) is 89.1 Å². The molecule has 106 valence electrons. The van der Waals surface area contributed by atoms with Gasteiger partial charge in [-0.1, -0.05) is 0 Å². The molecule has 19 heavy (non-hydrogen) atoms. The van der Waals surface area contributed by atoms with Gasteiger partial charge in [-0.3, -0.25) is 4.90 Å². The van der Waals surface area contributed by atoms with E-state index in [0.29, 0.717) is 11.1 Å². The van der Waals surface area contributed by atoms with Gasteiger partial charge >= 0.3 is 0 Å². The predicted octanol–water partition coefficient (Wildman–Crippen LogP) is 2.93. The summed E-state index contributed by atoms with van der Waals surface area (Å²) in [5, 5.41) is 4.12. The Balaban J connectivity index is 1.47. The second-order valence-electron chi connectivity index (χ2n) is 8.58. The summed E-state index contributed by atoms with van der Waals surface area (Å²) >= 11 is 0. The van der Waals surface area contributed by atoms with Gasteiger partial charge in [0.05, 0.1) is 0 Å². The van der Waals surface area contributed by atoms with Crippen LogP contribution >= 0.6 is 0 Å². The van der Waals surface area contributed by atoms with Crippen LogP contribution in [0.5, 0.6) is 0 Å². The van der Waals surface area contributed by atoms with E-state index < -0.39 is 0 Å². The van der Waals surface area contributed by atoms with Gasteiger partial charge in [-0.2, -0.15) is 0 Å². The minimum atomic E-state index is 0.563. The maximum atomic E-state index is 4.12. The van der Waals surface area contributed by atoms with E-state index in [1.165, 1.54) is 70.9 Å². The number of likely N-dealkylation sites (tertiary alicyclic amines) is 1. The lowest BCUT2D eigenvalue weighted by Crippen LogP contribution is -2.69. The van der Waals surface area contributed by atoms with Crippen LogP contribution in [0.2, 0.25) is 0 Å². The van der Waals surface area contributed by atoms with Crippen LogP contribution in [-0.2, 0) is 0 Å². The Morgan fingerprint density at radius 3 is 2.21 bits per heavy atom. The monoisotopic (exact) mass is 260 g/mol. The summed E-state index contributed by atoms with van der Waals surface area (Å²) in [6.07, 6.45) is 15.0. The summed E-state index contributed by atoms with van der Waals surface area (Å²) in [6.45, 7) is 2.80. The third-order valence-electron chi connectivity index (χ3n) is 6.89. The van der Waals surface area contributed by atoms with E-state index in [0.717, 1.165) is 17.9 Å². The maximum absolute atomic E-state index is 4.12. The molecule has 2 atom stereocenters. The van der Waals surface area contributed by atoms with Crippen molar-refractivity contribution in [1.29, 1.82) is 0 Å². The minimum Gasteiger partial charge on any atom is -0.308 e. The Morgan fingerprint density at radius 1 is 0.895 bits per heavy atom. The lowest BCUT2D eigenvalue weighted by molar-refractivity contribution is -0.103. The minimum absolute atomic E-state index is 0.563. The number of hydrogen-bond acceptors (Lipinski definition) is 2. The summed E-state index contributed by atoms with van der Waals surface area (Å²) in [5.41, 5.74) is 1.19. The van der Waals surface area contributed by atoms with Crippen LogP contribution < -0.4 is 5.32 Å². The van der Waals surface area contributed by atoms with Crippen LogP contribution in [0, 0.1) is 11.8 Å². The van der Waals surface area contributed by atoms with Gasteiger partial charge in [0.15, 0.2) is 0 Å². The van der Waals surface area contributed by atoms with E-state index in [4.69, 9.17) is 0 Å². The quantitative estimate of drug-likeness (QED) is 0.839. The van der Waals surface area contributed by atoms with Gasteiger partial charge in [0.2, 0.25) is 0 Å². The molecule has 2 unspecified atom stereocenters. The lowest BCUT2D eigenvalue weighted by Gasteiger charge is -2.65. The highest BCUT2D eigenvalue weighted by Gasteiger charge is 2.60. The van der Waals surface area contributed by atoms with E-state index in [1.54, 1.807) is 6.42 Å². The molecule has 5 aliphatic carbocycles. The van der Waals surface area contributed by atoms with Gasteiger partial charge in [0.1, 0.15) is 0 Å². The van der Waals surface area contributed by atoms with Crippen molar-refractivity contribution < 1.29 is 0 Å². The van der Waals surface area contributed by atoms with Gasteiger partial charge in [-0.25, -0.2) is 0 Å². The molecule has 6 rings (SSSR count). The van der Waals surface area contributed by atoms with E-state index in [-0.39, 0.29) is 0 Å². The molecule has 6 aliphatic rings. The Labute approximate surface area is 117 Å². The Morgan fingerprint density at radius 2 is 1.58 bits per heavy atom. The van der Waals surface area contributed by atoms with E-state index >= 15 is 0 Å². The van der Waals surface area contributed by atoms with Crippen LogP contribution in [0.1, 0.15) is 64.2 Å². The zero-order valence-electron chi connectivity index (χ0n) is 12.2. The molecule has 0 aromatic heterocycles. The largest absolute Gasteiger partial charge is 0.308 e. The molecule has 2 heteroatoms. The molecule has 0 aromatic carbocycles. The number of rotatable bonds is 3. The van der Waals surface area contributed by atoms with E-state index in [2.05, 4.69) is 10.2 Å². The second-order valence-corrected chi connectivity index (χ2v) is 8.58. The third kappa shape index (κ3) is 1.75. The molecule has 1 N–H and O–H groups in total. The Hall–Kier alpha value is -0.0800. The molecule has 1 heterocycles. The molecular formula is C17H28N2. The molecule has 6 fully saturated rings. The first-order valence-corrected chi connectivity index (χ1v) is 8.78. The summed E-state index contributed by atoms with van der Waals surface area (Å²) in [5.74, 6) is 2.10. The van der Waals surface area contributed by atoms with Crippen molar-refractivity contribution in [3.05, 3.63) is 0 Å².